The van der Waals surface area contributed by atoms with Gasteiger partial charge in [0.2, 0.25) is 0 Å². The van der Waals surface area contributed by atoms with Crippen LogP contribution in [0.3, 0.4) is 0 Å². The molecule has 1 fully saturated rings. The number of thiophene rings is 1. The lowest BCUT2D eigenvalue weighted by Gasteiger charge is -2.28. The summed E-state index contributed by atoms with van der Waals surface area (Å²) in [7, 11) is 0. The number of benzene rings is 3. The van der Waals surface area contributed by atoms with Gasteiger partial charge >= 0.3 is 6.03 Å². The van der Waals surface area contributed by atoms with E-state index in [1.807, 2.05) is 24.3 Å². The highest BCUT2D eigenvalue weighted by atomic mass is 35.5. The van der Waals surface area contributed by atoms with Gasteiger partial charge in [-0.2, -0.15) is 0 Å². The van der Waals surface area contributed by atoms with Crippen molar-refractivity contribution in [2.75, 3.05) is 28.6 Å². The molecule has 5 aromatic rings. The molecule has 7 rings (SSSR count). The zero-order valence-corrected chi connectivity index (χ0v) is 26.7. The van der Waals surface area contributed by atoms with E-state index in [0.717, 1.165) is 31.0 Å². The van der Waals surface area contributed by atoms with Crippen LogP contribution in [0.1, 0.15) is 40.1 Å². The highest BCUT2D eigenvalue weighted by molar-refractivity contribution is 7.21. The number of piperidine rings is 1. The fourth-order valence-electron chi connectivity index (χ4n) is 5.69. The first-order chi connectivity index (χ1) is 22.3. The van der Waals surface area contributed by atoms with Crippen LogP contribution < -0.4 is 20.3 Å². The first-order valence-corrected chi connectivity index (χ1v) is 16.3. The zero-order valence-electron chi connectivity index (χ0n) is 24.4. The molecule has 3 amide bonds. The van der Waals surface area contributed by atoms with Crippen LogP contribution in [0.25, 0.3) is 10.2 Å². The van der Waals surface area contributed by atoms with Gasteiger partial charge < -0.3 is 15.4 Å². The molecule has 2 aliphatic rings. The molecule has 2 aliphatic heterocycles. The highest BCUT2D eigenvalue weighted by Gasteiger charge is 2.35. The van der Waals surface area contributed by atoms with Crippen LogP contribution in [0.15, 0.2) is 67.0 Å². The molecule has 9 nitrogen and oxygen atoms in total. The molecule has 0 unspecified atom stereocenters. The number of amides is 3. The standard InChI is InChI=1S/C33H27Cl2FN6O3S/c34-23-14-24(35)26(45-17-20-5-4-6-21(36)13-20)15-25(23)42-30-27-28(40-33(42)44)29(46-32(27)38-18-37-30)31(43)39-22-9-7-19(8-10-22)16-41-11-2-1-3-12-41/h4-10,13-15,18H,1-3,11-12,16-17H2,(H,39,43)(H,40,44). The van der Waals surface area contributed by atoms with Crippen molar-refractivity contribution < 1.29 is 18.7 Å². The number of ether oxygens (including phenoxy) is 1. The number of likely N-dealkylation sites (tertiary alicyclic amines) is 1. The maximum absolute atomic E-state index is 13.7. The smallest absolute Gasteiger partial charge is 0.332 e. The van der Waals surface area contributed by atoms with E-state index in [1.165, 1.54) is 60.3 Å². The number of nitrogens with zero attached hydrogens (tertiary/aromatic N) is 4. The monoisotopic (exact) mass is 676 g/mol. The van der Waals surface area contributed by atoms with Crippen molar-refractivity contribution in [2.24, 2.45) is 0 Å². The molecule has 0 spiro atoms. The van der Waals surface area contributed by atoms with Gasteiger partial charge in [-0.15, -0.1) is 11.3 Å². The highest BCUT2D eigenvalue weighted by Crippen LogP contribution is 2.47. The van der Waals surface area contributed by atoms with Crippen LogP contribution in [-0.4, -0.2) is 39.9 Å². The largest absolute Gasteiger partial charge is 0.487 e. The van der Waals surface area contributed by atoms with Gasteiger partial charge in [-0.3, -0.25) is 9.69 Å². The average Bonchev–Trinajstić information content (AvgIpc) is 3.42. The summed E-state index contributed by atoms with van der Waals surface area (Å²) in [5.41, 5.74) is 3.01. The first-order valence-electron chi connectivity index (χ1n) is 14.7. The number of carbonyl (C=O) groups is 2. The number of hydrogen-bond donors (Lipinski definition) is 2. The number of carbonyl (C=O) groups excluding carboxylic acids is 2. The molecule has 2 N–H and O–H groups in total. The number of rotatable bonds is 8. The van der Waals surface area contributed by atoms with Crippen molar-refractivity contribution in [3.63, 3.8) is 0 Å². The Morgan fingerprint density at radius 2 is 1.80 bits per heavy atom. The van der Waals surface area contributed by atoms with E-state index in [9.17, 15) is 14.0 Å². The fourth-order valence-corrected chi connectivity index (χ4v) is 7.20. The second kappa shape index (κ2) is 12.8. The van der Waals surface area contributed by atoms with Gasteiger partial charge in [-0.05, 0) is 67.4 Å². The molecule has 234 valence electrons. The van der Waals surface area contributed by atoms with Crippen LogP contribution in [0.2, 0.25) is 10.0 Å². The summed E-state index contributed by atoms with van der Waals surface area (Å²) in [6, 6.07) is 16.2. The topological polar surface area (TPSA) is 99.7 Å². The zero-order chi connectivity index (χ0) is 31.8. The van der Waals surface area contributed by atoms with Crippen LogP contribution in [0, 0.1) is 5.82 Å². The number of anilines is 4. The van der Waals surface area contributed by atoms with E-state index < -0.39 is 6.03 Å². The summed E-state index contributed by atoms with van der Waals surface area (Å²) in [6.07, 6.45) is 5.08. The second-order valence-corrected chi connectivity index (χ2v) is 12.9. The van der Waals surface area contributed by atoms with E-state index >= 15 is 0 Å². The van der Waals surface area contributed by atoms with Gasteiger partial charge in [-0.1, -0.05) is 53.9 Å². The first kappa shape index (κ1) is 30.4. The SMILES string of the molecule is O=C(Nc1ccc(CN2CCCCC2)cc1)c1sc2ncnc3c2c1NC(=O)N3c1cc(OCc2cccc(F)c2)c(Cl)cc1Cl. The number of urea groups is 1. The Hall–Kier alpha value is -4.29. The van der Waals surface area contributed by atoms with Gasteiger partial charge in [0.1, 0.15) is 34.2 Å². The third-order valence-electron chi connectivity index (χ3n) is 7.91. The summed E-state index contributed by atoms with van der Waals surface area (Å²) in [4.78, 5) is 40.5. The molecule has 0 aliphatic carbocycles. The Bertz CT molecular complexity index is 1970. The maximum atomic E-state index is 13.7. The molecule has 0 saturated carbocycles. The Kier molecular flexibility index (Phi) is 8.48. The van der Waals surface area contributed by atoms with E-state index in [2.05, 4.69) is 25.5 Å². The minimum absolute atomic E-state index is 0.0385. The second-order valence-electron chi connectivity index (χ2n) is 11.1. The molecule has 4 heterocycles. The number of hydrogen-bond acceptors (Lipinski definition) is 7. The molecular formula is C33H27Cl2FN6O3S. The summed E-state index contributed by atoms with van der Waals surface area (Å²) in [5.74, 6) is -0.274. The van der Waals surface area contributed by atoms with Crippen molar-refractivity contribution in [2.45, 2.75) is 32.4 Å². The van der Waals surface area contributed by atoms with Crippen molar-refractivity contribution >= 4 is 79.6 Å². The van der Waals surface area contributed by atoms with Crippen LogP contribution in [0.4, 0.5) is 32.1 Å². The quantitative estimate of drug-likeness (QED) is 0.171. The lowest BCUT2D eigenvalue weighted by atomic mass is 10.1. The summed E-state index contributed by atoms with van der Waals surface area (Å²) >= 11 is 14.2. The Balaban J connectivity index is 1.15. The van der Waals surface area contributed by atoms with Crippen molar-refractivity contribution in [3.05, 3.63) is 98.9 Å². The fraction of sp³-hybridized carbons (Fsp3) is 0.212. The van der Waals surface area contributed by atoms with E-state index in [-0.39, 0.29) is 45.6 Å². The Morgan fingerprint density at radius 3 is 2.59 bits per heavy atom. The summed E-state index contributed by atoms with van der Waals surface area (Å²) in [5, 5.41) is 6.68. The predicted molar refractivity (Wildman–Crippen MR) is 179 cm³/mol. The number of nitrogens with one attached hydrogen (secondary N) is 2. The van der Waals surface area contributed by atoms with Gasteiger partial charge in [0.15, 0.2) is 5.82 Å². The lowest BCUT2D eigenvalue weighted by molar-refractivity contribution is 0.103. The summed E-state index contributed by atoms with van der Waals surface area (Å²) < 4.78 is 19.5. The molecule has 0 radical (unpaired) electrons. The summed E-state index contributed by atoms with van der Waals surface area (Å²) in [6.45, 7) is 3.14. The molecule has 0 bridgehead atoms. The lowest BCUT2D eigenvalue weighted by Crippen LogP contribution is -2.35. The van der Waals surface area contributed by atoms with E-state index in [4.69, 9.17) is 27.9 Å². The molecule has 2 aromatic heterocycles. The normalized spacial score (nSPS) is 14.8. The maximum Gasteiger partial charge on any atom is 0.332 e. The average molecular weight is 678 g/mol. The molecular weight excluding hydrogens is 650 g/mol. The molecule has 1 saturated heterocycles. The third kappa shape index (κ3) is 6.11. The molecule has 0 atom stereocenters. The molecule has 13 heteroatoms. The van der Waals surface area contributed by atoms with Crippen molar-refractivity contribution in [1.29, 1.82) is 0 Å². The molecule has 46 heavy (non-hydrogen) atoms. The number of aromatic nitrogens is 2. The van der Waals surface area contributed by atoms with Crippen LogP contribution in [0.5, 0.6) is 5.75 Å². The van der Waals surface area contributed by atoms with Crippen molar-refractivity contribution in [3.8, 4) is 5.75 Å². The minimum atomic E-state index is -0.581. The third-order valence-corrected chi connectivity index (χ3v) is 9.61. The van der Waals surface area contributed by atoms with Gasteiger partial charge in [0, 0.05) is 18.3 Å². The van der Waals surface area contributed by atoms with Gasteiger partial charge in [-0.25, -0.2) is 24.1 Å². The van der Waals surface area contributed by atoms with E-state index in [0.29, 0.717) is 32.0 Å². The van der Waals surface area contributed by atoms with Crippen molar-refractivity contribution in [1.82, 2.24) is 14.9 Å². The number of halogens is 3. The molecule has 3 aromatic carbocycles. The Labute approximate surface area is 277 Å². The minimum Gasteiger partial charge on any atom is -0.487 e. The van der Waals surface area contributed by atoms with E-state index in [1.54, 1.807) is 12.1 Å². The predicted octanol–water partition coefficient (Wildman–Crippen LogP) is 8.64. The Morgan fingerprint density at radius 1 is 1.00 bits per heavy atom. The van der Waals surface area contributed by atoms with Crippen LogP contribution >= 0.6 is 34.5 Å². The van der Waals surface area contributed by atoms with Gasteiger partial charge in [0.05, 0.1) is 26.8 Å². The van der Waals surface area contributed by atoms with Crippen LogP contribution in [-0.2, 0) is 13.2 Å². The van der Waals surface area contributed by atoms with Gasteiger partial charge in [0.25, 0.3) is 5.91 Å².